The number of piperazine rings is 1. The number of carbonyl (C=O) groups excluding carboxylic acids is 1. The average molecular weight is 265 g/mol. The zero-order chi connectivity index (χ0) is 13.8. The molecule has 1 heterocycles. The van der Waals surface area contributed by atoms with Crippen molar-refractivity contribution in [2.75, 3.05) is 31.5 Å². The minimum atomic E-state index is -0.298. The van der Waals surface area contributed by atoms with Crippen LogP contribution >= 0.6 is 0 Å². The van der Waals surface area contributed by atoms with E-state index < -0.39 is 0 Å². The Hall–Kier alpha value is -1.46. The minimum Gasteiger partial charge on any atom is -0.325 e. The van der Waals surface area contributed by atoms with E-state index >= 15 is 0 Å². The minimum absolute atomic E-state index is 0.1000. The zero-order valence-electron chi connectivity index (χ0n) is 11.4. The standard InChI is InChI=1S/C14H20FN3O/c1-10-3-4-12(7-13(10)15)17-14(19)9-18-6-5-16-8-11(18)2/h3-4,7,11,16H,5-6,8-9H2,1-2H3,(H,17,19)/t11-/m0/s1. The summed E-state index contributed by atoms with van der Waals surface area (Å²) in [7, 11) is 0. The summed E-state index contributed by atoms with van der Waals surface area (Å²) in [5.41, 5.74) is 1.09. The number of anilines is 1. The molecule has 1 fully saturated rings. The quantitative estimate of drug-likeness (QED) is 0.867. The first-order valence-electron chi connectivity index (χ1n) is 6.57. The maximum absolute atomic E-state index is 13.4. The van der Waals surface area contributed by atoms with Crippen molar-refractivity contribution in [3.05, 3.63) is 29.6 Å². The van der Waals surface area contributed by atoms with Crippen LogP contribution in [0.4, 0.5) is 10.1 Å². The summed E-state index contributed by atoms with van der Waals surface area (Å²) in [5, 5.41) is 6.01. The molecule has 2 N–H and O–H groups in total. The second kappa shape index (κ2) is 6.12. The van der Waals surface area contributed by atoms with Crippen LogP contribution in [0, 0.1) is 12.7 Å². The van der Waals surface area contributed by atoms with Gasteiger partial charge >= 0.3 is 0 Å². The molecule has 19 heavy (non-hydrogen) atoms. The third-order valence-corrected chi connectivity index (χ3v) is 3.44. The number of carbonyl (C=O) groups is 1. The number of amides is 1. The molecule has 4 nitrogen and oxygen atoms in total. The first-order valence-corrected chi connectivity index (χ1v) is 6.57. The van der Waals surface area contributed by atoms with E-state index in [2.05, 4.69) is 22.5 Å². The van der Waals surface area contributed by atoms with E-state index in [4.69, 9.17) is 0 Å². The molecule has 0 bridgehead atoms. The normalized spacial score (nSPS) is 20.3. The number of nitrogens with one attached hydrogen (secondary N) is 2. The summed E-state index contributed by atoms with van der Waals surface area (Å²) in [5.74, 6) is -0.398. The summed E-state index contributed by atoms with van der Waals surface area (Å²) in [6.07, 6.45) is 0. The van der Waals surface area contributed by atoms with E-state index in [0.29, 0.717) is 23.8 Å². The monoisotopic (exact) mass is 265 g/mol. The Morgan fingerprint density at radius 3 is 3.05 bits per heavy atom. The highest BCUT2D eigenvalue weighted by molar-refractivity contribution is 5.92. The highest BCUT2D eigenvalue weighted by Crippen LogP contribution is 2.13. The van der Waals surface area contributed by atoms with Crippen LogP contribution in [0.15, 0.2) is 18.2 Å². The molecule has 1 atom stereocenters. The van der Waals surface area contributed by atoms with Gasteiger partial charge in [0.05, 0.1) is 6.54 Å². The van der Waals surface area contributed by atoms with Crippen LogP contribution in [-0.4, -0.2) is 43.0 Å². The van der Waals surface area contributed by atoms with Crippen molar-refractivity contribution >= 4 is 11.6 Å². The van der Waals surface area contributed by atoms with Gasteiger partial charge in [-0.1, -0.05) is 6.07 Å². The van der Waals surface area contributed by atoms with Crippen LogP contribution in [0.1, 0.15) is 12.5 Å². The second-order valence-electron chi connectivity index (χ2n) is 5.04. The van der Waals surface area contributed by atoms with E-state index in [1.807, 2.05) is 0 Å². The number of halogens is 1. The fraction of sp³-hybridized carbons (Fsp3) is 0.500. The van der Waals surface area contributed by atoms with Crippen molar-refractivity contribution in [2.45, 2.75) is 19.9 Å². The SMILES string of the molecule is Cc1ccc(NC(=O)CN2CCNC[C@@H]2C)cc1F. The number of hydrogen-bond donors (Lipinski definition) is 2. The summed E-state index contributed by atoms with van der Waals surface area (Å²) in [6, 6.07) is 5.08. The van der Waals surface area contributed by atoms with Gasteiger partial charge in [-0.2, -0.15) is 0 Å². The molecule has 0 spiro atoms. The zero-order valence-corrected chi connectivity index (χ0v) is 11.4. The van der Waals surface area contributed by atoms with Gasteiger partial charge < -0.3 is 10.6 Å². The van der Waals surface area contributed by atoms with E-state index in [1.165, 1.54) is 6.07 Å². The molecule has 1 aliphatic rings. The Morgan fingerprint density at radius 1 is 1.58 bits per heavy atom. The molecule has 0 aromatic heterocycles. The van der Waals surface area contributed by atoms with Crippen molar-refractivity contribution in [1.29, 1.82) is 0 Å². The number of benzene rings is 1. The fourth-order valence-corrected chi connectivity index (χ4v) is 2.17. The Morgan fingerprint density at radius 2 is 2.37 bits per heavy atom. The van der Waals surface area contributed by atoms with Crippen LogP contribution in [-0.2, 0) is 4.79 Å². The first-order chi connectivity index (χ1) is 9.06. The van der Waals surface area contributed by atoms with Gasteiger partial charge in [0.1, 0.15) is 5.82 Å². The summed E-state index contributed by atoms with van der Waals surface area (Å²) in [6.45, 7) is 6.78. The third kappa shape index (κ3) is 3.75. The lowest BCUT2D eigenvalue weighted by Gasteiger charge is -2.33. The molecule has 0 unspecified atom stereocenters. The van der Waals surface area contributed by atoms with Gasteiger partial charge in [0.25, 0.3) is 0 Å². The van der Waals surface area contributed by atoms with Gasteiger partial charge in [0, 0.05) is 31.4 Å². The van der Waals surface area contributed by atoms with Crippen LogP contribution in [0.5, 0.6) is 0 Å². The molecular formula is C14H20FN3O. The molecule has 0 saturated carbocycles. The lowest BCUT2D eigenvalue weighted by molar-refractivity contribution is -0.118. The van der Waals surface area contributed by atoms with Crippen molar-refractivity contribution in [3.8, 4) is 0 Å². The van der Waals surface area contributed by atoms with Crippen LogP contribution in [0.3, 0.4) is 0 Å². The lowest BCUT2D eigenvalue weighted by atomic mass is 10.2. The van der Waals surface area contributed by atoms with Crippen LogP contribution < -0.4 is 10.6 Å². The van der Waals surface area contributed by atoms with Gasteiger partial charge in [0.15, 0.2) is 0 Å². The maximum atomic E-state index is 13.4. The maximum Gasteiger partial charge on any atom is 0.238 e. The third-order valence-electron chi connectivity index (χ3n) is 3.44. The molecule has 1 aromatic rings. The number of hydrogen-bond acceptors (Lipinski definition) is 3. The Bertz CT molecular complexity index is 464. The summed E-state index contributed by atoms with van der Waals surface area (Å²) in [4.78, 5) is 14.0. The molecule has 5 heteroatoms. The summed E-state index contributed by atoms with van der Waals surface area (Å²) >= 11 is 0. The lowest BCUT2D eigenvalue weighted by Crippen LogP contribution is -2.51. The van der Waals surface area contributed by atoms with Crippen LogP contribution in [0.2, 0.25) is 0 Å². The fourth-order valence-electron chi connectivity index (χ4n) is 2.17. The Kier molecular flexibility index (Phi) is 4.50. The highest BCUT2D eigenvalue weighted by atomic mass is 19.1. The highest BCUT2D eigenvalue weighted by Gasteiger charge is 2.20. The van der Waals surface area contributed by atoms with Crippen molar-refractivity contribution in [3.63, 3.8) is 0 Å². The van der Waals surface area contributed by atoms with Crippen molar-refractivity contribution in [2.24, 2.45) is 0 Å². The van der Waals surface area contributed by atoms with E-state index in [0.717, 1.165) is 19.6 Å². The van der Waals surface area contributed by atoms with Gasteiger partial charge in [-0.05, 0) is 31.5 Å². The molecule has 1 saturated heterocycles. The van der Waals surface area contributed by atoms with Crippen molar-refractivity contribution < 1.29 is 9.18 Å². The number of rotatable bonds is 3. The molecule has 0 aliphatic carbocycles. The van der Waals surface area contributed by atoms with E-state index in [1.54, 1.807) is 19.1 Å². The topological polar surface area (TPSA) is 44.4 Å². The predicted octanol–water partition coefficient (Wildman–Crippen LogP) is 1.37. The molecule has 1 aromatic carbocycles. The first kappa shape index (κ1) is 14.0. The molecule has 1 aliphatic heterocycles. The van der Waals surface area contributed by atoms with E-state index in [9.17, 15) is 9.18 Å². The molecule has 2 rings (SSSR count). The smallest absolute Gasteiger partial charge is 0.238 e. The van der Waals surface area contributed by atoms with Gasteiger partial charge in [-0.15, -0.1) is 0 Å². The molecule has 1 amide bonds. The average Bonchev–Trinajstić information content (AvgIpc) is 2.37. The van der Waals surface area contributed by atoms with Crippen LogP contribution in [0.25, 0.3) is 0 Å². The molecule has 0 radical (unpaired) electrons. The second-order valence-corrected chi connectivity index (χ2v) is 5.04. The molecule has 104 valence electrons. The van der Waals surface area contributed by atoms with E-state index in [-0.39, 0.29) is 11.7 Å². The Labute approximate surface area is 113 Å². The largest absolute Gasteiger partial charge is 0.325 e. The number of nitrogens with zero attached hydrogens (tertiary/aromatic N) is 1. The molecular weight excluding hydrogens is 245 g/mol. The predicted molar refractivity (Wildman–Crippen MR) is 73.7 cm³/mol. The van der Waals surface area contributed by atoms with Crippen molar-refractivity contribution in [1.82, 2.24) is 10.2 Å². The summed E-state index contributed by atoms with van der Waals surface area (Å²) < 4.78 is 13.4. The van der Waals surface area contributed by atoms with Gasteiger partial charge in [-0.3, -0.25) is 9.69 Å². The van der Waals surface area contributed by atoms with Gasteiger partial charge in [-0.25, -0.2) is 4.39 Å². The number of aryl methyl sites for hydroxylation is 1. The Balaban J connectivity index is 1.91. The van der Waals surface area contributed by atoms with Gasteiger partial charge in [0.2, 0.25) is 5.91 Å².